The van der Waals surface area contributed by atoms with Gasteiger partial charge in [-0.1, -0.05) is 13.8 Å². The number of hydrogen-bond acceptors (Lipinski definition) is 3. The maximum absolute atomic E-state index is 14.3. The van der Waals surface area contributed by atoms with Crippen molar-refractivity contribution in [1.29, 1.82) is 0 Å². The fraction of sp³-hybridized carbons (Fsp3) is 0.600. The van der Waals surface area contributed by atoms with Crippen molar-refractivity contribution in [1.82, 2.24) is 9.88 Å². The van der Waals surface area contributed by atoms with Crippen LogP contribution in [-0.2, 0) is 0 Å². The first-order chi connectivity index (χ1) is 9.38. The van der Waals surface area contributed by atoms with E-state index in [9.17, 15) is 9.18 Å². The van der Waals surface area contributed by atoms with Crippen molar-refractivity contribution >= 4 is 11.7 Å². The maximum atomic E-state index is 14.3. The Morgan fingerprint density at radius 3 is 2.55 bits per heavy atom. The summed E-state index contributed by atoms with van der Waals surface area (Å²) in [5.74, 6) is -0.396. The second-order valence-electron chi connectivity index (χ2n) is 5.50. The quantitative estimate of drug-likeness (QED) is 0.871. The number of pyridine rings is 1. The zero-order valence-corrected chi connectivity index (χ0v) is 12.9. The van der Waals surface area contributed by atoms with Gasteiger partial charge in [0.05, 0.1) is 5.56 Å². The average molecular weight is 281 g/mol. The second-order valence-corrected chi connectivity index (χ2v) is 5.50. The van der Waals surface area contributed by atoms with Crippen molar-refractivity contribution in [2.75, 3.05) is 18.4 Å². The van der Waals surface area contributed by atoms with Crippen LogP contribution in [0.15, 0.2) is 12.3 Å². The van der Waals surface area contributed by atoms with E-state index in [1.165, 1.54) is 12.3 Å². The Labute approximate surface area is 120 Å². The Bertz CT molecular complexity index is 460. The monoisotopic (exact) mass is 281 g/mol. The van der Waals surface area contributed by atoms with Gasteiger partial charge in [-0.2, -0.15) is 0 Å². The highest BCUT2D eigenvalue weighted by Crippen LogP contribution is 2.18. The van der Waals surface area contributed by atoms with Gasteiger partial charge in [-0.3, -0.25) is 4.79 Å². The molecule has 5 heteroatoms. The van der Waals surface area contributed by atoms with Crippen molar-refractivity contribution in [3.05, 3.63) is 23.6 Å². The molecule has 1 rings (SSSR count). The molecule has 0 saturated heterocycles. The molecule has 1 aromatic rings. The molecule has 4 nitrogen and oxygen atoms in total. The molecule has 0 saturated carbocycles. The molecule has 1 aromatic heterocycles. The van der Waals surface area contributed by atoms with Crippen LogP contribution in [0.2, 0.25) is 0 Å². The number of anilines is 1. The van der Waals surface area contributed by atoms with E-state index in [0.29, 0.717) is 19.0 Å². The van der Waals surface area contributed by atoms with Gasteiger partial charge in [-0.25, -0.2) is 9.37 Å². The van der Waals surface area contributed by atoms with E-state index in [0.717, 1.165) is 0 Å². The Balaban J connectivity index is 3.08. The minimum absolute atomic E-state index is 0.0278. The van der Waals surface area contributed by atoms with Crippen LogP contribution in [0.1, 0.15) is 45.0 Å². The molecule has 1 amide bonds. The van der Waals surface area contributed by atoms with Gasteiger partial charge >= 0.3 is 0 Å². The van der Waals surface area contributed by atoms with E-state index in [2.05, 4.69) is 10.3 Å². The molecule has 0 aromatic carbocycles. The highest BCUT2D eigenvalue weighted by atomic mass is 19.1. The van der Waals surface area contributed by atoms with E-state index in [-0.39, 0.29) is 23.3 Å². The largest absolute Gasteiger partial charge is 0.368 e. The summed E-state index contributed by atoms with van der Waals surface area (Å²) in [6, 6.07) is 1.47. The van der Waals surface area contributed by atoms with Crippen LogP contribution in [0.25, 0.3) is 0 Å². The number of amides is 1. The van der Waals surface area contributed by atoms with Crippen LogP contribution in [0.3, 0.4) is 0 Å². The lowest BCUT2D eigenvalue weighted by atomic mass is 10.1. The van der Waals surface area contributed by atoms with Gasteiger partial charge in [-0.05, 0) is 32.8 Å². The first-order valence-electron chi connectivity index (χ1n) is 7.07. The van der Waals surface area contributed by atoms with Crippen LogP contribution in [-0.4, -0.2) is 34.9 Å². The smallest absolute Gasteiger partial charge is 0.257 e. The molecule has 1 N–H and O–H groups in total. The molecule has 0 bridgehead atoms. The number of carbonyl (C=O) groups is 1. The lowest BCUT2D eigenvalue weighted by Gasteiger charge is -2.28. The van der Waals surface area contributed by atoms with Crippen LogP contribution >= 0.6 is 0 Å². The Kier molecular flexibility index (Phi) is 5.92. The van der Waals surface area contributed by atoms with Crippen molar-refractivity contribution in [3.63, 3.8) is 0 Å². The van der Waals surface area contributed by atoms with Gasteiger partial charge in [0.1, 0.15) is 0 Å². The summed E-state index contributed by atoms with van der Waals surface area (Å²) in [5.41, 5.74) is 0.0744. The van der Waals surface area contributed by atoms with Gasteiger partial charge in [0.25, 0.3) is 5.91 Å². The zero-order chi connectivity index (χ0) is 15.3. The molecule has 0 aliphatic rings. The number of halogens is 1. The molecule has 0 radical (unpaired) electrons. The van der Waals surface area contributed by atoms with Gasteiger partial charge in [0.15, 0.2) is 11.6 Å². The van der Waals surface area contributed by atoms with Gasteiger partial charge in [0.2, 0.25) is 0 Å². The minimum Gasteiger partial charge on any atom is -0.368 e. The Morgan fingerprint density at radius 2 is 2.05 bits per heavy atom. The highest BCUT2D eigenvalue weighted by Gasteiger charge is 2.24. The zero-order valence-electron chi connectivity index (χ0n) is 12.9. The standard InChI is InChI=1S/C15H24FN3O/c1-6-17-14-13(16)12(7-8-18-14)15(20)19(11(4)5)9-10(2)3/h7-8,10-11H,6,9H2,1-5H3,(H,17,18). The normalized spacial score (nSPS) is 11.0. The van der Waals surface area contributed by atoms with Crippen LogP contribution in [0.4, 0.5) is 10.2 Å². The lowest BCUT2D eigenvalue weighted by Crippen LogP contribution is -2.40. The van der Waals surface area contributed by atoms with Gasteiger partial charge in [0, 0.05) is 25.3 Å². The summed E-state index contributed by atoms with van der Waals surface area (Å²) in [6.45, 7) is 11.0. The number of hydrogen-bond donors (Lipinski definition) is 1. The molecule has 0 atom stereocenters. The summed E-state index contributed by atoms with van der Waals surface area (Å²) in [4.78, 5) is 18.1. The molecule has 1 heterocycles. The average Bonchev–Trinajstić information content (AvgIpc) is 2.37. The van der Waals surface area contributed by atoms with Gasteiger partial charge in [-0.15, -0.1) is 0 Å². The van der Waals surface area contributed by atoms with Crippen LogP contribution in [0.5, 0.6) is 0 Å². The molecular formula is C15H24FN3O. The van der Waals surface area contributed by atoms with Crippen LogP contribution in [0, 0.1) is 11.7 Å². The molecule has 0 fully saturated rings. The first-order valence-corrected chi connectivity index (χ1v) is 7.07. The maximum Gasteiger partial charge on any atom is 0.257 e. The highest BCUT2D eigenvalue weighted by molar-refractivity contribution is 5.95. The summed E-state index contributed by atoms with van der Waals surface area (Å²) in [6.07, 6.45) is 1.46. The van der Waals surface area contributed by atoms with Crippen molar-refractivity contribution in [3.8, 4) is 0 Å². The third-order valence-corrected chi connectivity index (χ3v) is 2.91. The fourth-order valence-electron chi connectivity index (χ4n) is 1.98. The molecule has 0 unspecified atom stereocenters. The third-order valence-electron chi connectivity index (χ3n) is 2.91. The predicted octanol–water partition coefficient (Wildman–Crippen LogP) is 3.16. The topological polar surface area (TPSA) is 45.2 Å². The number of aromatic nitrogens is 1. The second kappa shape index (κ2) is 7.22. The number of nitrogens with zero attached hydrogens (tertiary/aromatic N) is 2. The fourth-order valence-corrected chi connectivity index (χ4v) is 1.98. The van der Waals surface area contributed by atoms with E-state index in [1.54, 1.807) is 4.90 Å². The van der Waals surface area contributed by atoms with E-state index < -0.39 is 5.82 Å². The lowest BCUT2D eigenvalue weighted by molar-refractivity contribution is 0.0677. The van der Waals surface area contributed by atoms with Gasteiger partial charge < -0.3 is 10.2 Å². The molecule has 0 aliphatic carbocycles. The van der Waals surface area contributed by atoms with E-state index in [4.69, 9.17) is 0 Å². The SMILES string of the molecule is CCNc1nccc(C(=O)N(CC(C)C)C(C)C)c1F. The summed E-state index contributed by atoms with van der Waals surface area (Å²) >= 11 is 0. The van der Waals surface area contributed by atoms with E-state index >= 15 is 0 Å². The summed E-state index contributed by atoms with van der Waals surface area (Å²) < 4.78 is 14.3. The third kappa shape index (κ3) is 3.92. The van der Waals surface area contributed by atoms with Crippen molar-refractivity contribution in [2.24, 2.45) is 5.92 Å². The summed E-state index contributed by atoms with van der Waals surface area (Å²) in [7, 11) is 0. The molecule has 0 spiro atoms. The Hall–Kier alpha value is -1.65. The minimum atomic E-state index is -0.575. The van der Waals surface area contributed by atoms with Crippen molar-refractivity contribution < 1.29 is 9.18 Å². The van der Waals surface area contributed by atoms with Crippen LogP contribution < -0.4 is 5.32 Å². The number of nitrogens with one attached hydrogen (secondary N) is 1. The molecule has 0 aliphatic heterocycles. The Morgan fingerprint density at radius 1 is 1.40 bits per heavy atom. The van der Waals surface area contributed by atoms with E-state index in [1.807, 2.05) is 34.6 Å². The van der Waals surface area contributed by atoms with Crippen molar-refractivity contribution in [2.45, 2.75) is 40.7 Å². The molecule has 112 valence electrons. The molecular weight excluding hydrogens is 257 g/mol. The molecule has 20 heavy (non-hydrogen) atoms. The predicted molar refractivity (Wildman–Crippen MR) is 79.4 cm³/mol. The summed E-state index contributed by atoms with van der Waals surface area (Å²) in [5, 5.41) is 2.82. The number of rotatable bonds is 6. The first kappa shape index (κ1) is 16.4. The number of carbonyl (C=O) groups excluding carboxylic acids is 1.